The second-order valence-corrected chi connectivity index (χ2v) is 5.65. The van der Waals surface area contributed by atoms with Gasteiger partial charge in [-0.05, 0) is 24.3 Å². The fourth-order valence-electron chi connectivity index (χ4n) is 2.41. The first-order chi connectivity index (χ1) is 8.15. The molecule has 1 aliphatic rings. The summed E-state index contributed by atoms with van der Waals surface area (Å²) in [5.41, 5.74) is 2.64. The molecule has 3 nitrogen and oxygen atoms in total. The minimum Gasteiger partial charge on any atom is -0.339 e. The van der Waals surface area contributed by atoms with Crippen molar-refractivity contribution in [2.24, 2.45) is 11.8 Å². The van der Waals surface area contributed by atoms with Gasteiger partial charge in [-0.2, -0.15) is 0 Å². The Morgan fingerprint density at radius 3 is 2.76 bits per heavy atom. The molecule has 0 spiro atoms. The van der Waals surface area contributed by atoms with Gasteiger partial charge in [0.25, 0.3) is 0 Å². The van der Waals surface area contributed by atoms with Crippen molar-refractivity contribution >= 4 is 23.3 Å². The summed E-state index contributed by atoms with van der Waals surface area (Å²) in [6.45, 7) is 6.18. The fraction of sp³-hybridized carbons (Fsp3) is 0.538. The van der Waals surface area contributed by atoms with Gasteiger partial charge in [-0.15, -0.1) is 11.3 Å². The molecule has 0 N–H and O–H groups in total. The molecule has 2 atom stereocenters. The number of carbonyl (C=O) groups excluding carboxylic acids is 1. The smallest absolute Gasteiger partial charge is 0.246 e. The summed E-state index contributed by atoms with van der Waals surface area (Å²) < 4.78 is 0. The van der Waals surface area contributed by atoms with E-state index in [0.717, 1.165) is 18.8 Å². The fourth-order valence-corrected chi connectivity index (χ4v) is 2.93. The quantitative estimate of drug-likeness (QED) is 0.756. The van der Waals surface area contributed by atoms with E-state index in [2.05, 4.69) is 18.8 Å². The molecule has 0 aliphatic carbocycles. The molecule has 0 aromatic carbocycles. The minimum atomic E-state index is 0.108. The average molecular weight is 250 g/mol. The number of amides is 1. The lowest BCUT2D eigenvalue weighted by Crippen LogP contribution is -2.41. The number of nitrogens with zero attached hydrogens (tertiary/aromatic N) is 2. The number of piperidine rings is 1. The minimum absolute atomic E-state index is 0.108. The zero-order valence-corrected chi connectivity index (χ0v) is 11.1. The van der Waals surface area contributed by atoms with Crippen LogP contribution in [0.15, 0.2) is 17.0 Å². The van der Waals surface area contributed by atoms with Crippen LogP contribution >= 0.6 is 11.3 Å². The number of carbonyl (C=O) groups is 1. The van der Waals surface area contributed by atoms with Crippen LogP contribution in [0.3, 0.4) is 0 Å². The van der Waals surface area contributed by atoms with E-state index in [1.54, 1.807) is 29.0 Å². The highest BCUT2D eigenvalue weighted by atomic mass is 32.1. The van der Waals surface area contributed by atoms with Crippen molar-refractivity contribution in [3.8, 4) is 0 Å². The average Bonchev–Trinajstić information content (AvgIpc) is 2.77. The molecule has 4 heteroatoms. The summed E-state index contributed by atoms with van der Waals surface area (Å²) >= 11 is 1.54. The Balaban J connectivity index is 1.95. The van der Waals surface area contributed by atoms with Gasteiger partial charge < -0.3 is 4.90 Å². The molecule has 1 fully saturated rings. The van der Waals surface area contributed by atoms with Gasteiger partial charge in [-0.3, -0.25) is 4.79 Å². The Labute approximate surface area is 106 Å². The molecule has 1 saturated heterocycles. The van der Waals surface area contributed by atoms with Crippen molar-refractivity contribution in [2.75, 3.05) is 13.1 Å². The van der Waals surface area contributed by atoms with Crippen LogP contribution in [-0.4, -0.2) is 28.9 Å². The first-order valence-corrected chi connectivity index (χ1v) is 6.94. The van der Waals surface area contributed by atoms with Crippen LogP contribution in [-0.2, 0) is 4.79 Å². The number of hydrogen-bond donors (Lipinski definition) is 0. The van der Waals surface area contributed by atoms with E-state index in [1.807, 2.05) is 10.3 Å². The van der Waals surface area contributed by atoms with Crippen molar-refractivity contribution in [3.63, 3.8) is 0 Å². The molecule has 2 rings (SSSR count). The predicted octanol–water partition coefficient (Wildman–Crippen LogP) is 2.66. The molecule has 0 bridgehead atoms. The van der Waals surface area contributed by atoms with Crippen molar-refractivity contribution in [1.82, 2.24) is 9.88 Å². The van der Waals surface area contributed by atoms with E-state index in [4.69, 9.17) is 0 Å². The third-order valence-corrected chi connectivity index (χ3v) is 3.63. The molecule has 2 unspecified atom stereocenters. The molecular weight excluding hydrogens is 232 g/mol. The van der Waals surface area contributed by atoms with Crippen molar-refractivity contribution in [3.05, 3.63) is 22.7 Å². The number of thiazole rings is 1. The van der Waals surface area contributed by atoms with Crippen LogP contribution in [0, 0.1) is 11.8 Å². The lowest BCUT2D eigenvalue weighted by molar-refractivity contribution is -0.128. The van der Waals surface area contributed by atoms with E-state index >= 15 is 0 Å². The highest BCUT2D eigenvalue weighted by molar-refractivity contribution is 7.07. The number of aromatic nitrogens is 1. The van der Waals surface area contributed by atoms with Gasteiger partial charge in [0.1, 0.15) is 0 Å². The zero-order chi connectivity index (χ0) is 12.3. The Morgan fingerprint density at radius 2 is 2.18 bits per heavy atom. The summed E-state index contributed by atoms with van der Waals surface area (Å²) in [4.78, 5) is 18.1. The summed E-state index contributed by atoms with van der Waals surface area (Å²) in [7, 11) is 0. The Kier molecular flexibility index (Phi) is 3.94. The van der Waals surface area contributed by atoms with Crippen LogP contribution in [0.2, 0.25) is 0 Å². The van der Waals surface area contributed by atoms with Crippen molar-refractivity contribution in [2.45, 2.75) is 20.3 Å². The van der Waals surface area contributed by atoms with Crippen LogP contribution < -0.4 is 0 Å². The molecule has 0 saturated carbocycles. The van der Waals surface area contributed by atoms with E-state index in [-0.39, 0.29) is 5.91 Å². The lowest BCUT2D eigenvalue weighted by atomic mass is 9.92. The third kappa shape index (κ3) is 3.40. The van der Waals surface area contributed by atoms with Crippen LogP contribution in [0.5, 0.6) is 0 Å². The monoisotopic (exact) mass is 250 g/mol. The molecule has 1 aromatic rings. The maximum Gasteiger partial charge on any atom is 0.246 e. The summed E-state index contributed by atoms with van der Waals surface area (Å²) in [6, 6.07) is 0. The van der Waals surface area contributed by atoms with Gasteiger partial charge in [-0.25, -0.2) is 4.98 Å². The molecule has 2 heterocycles. The zero-order valence-electron chi connectivity index (χ0n) is 10.3. The van der Waals surface area contributed by atoms with E-state index in [1.165, 1.54) is 6.42 Å². The molecule has 92 valence electrons. The van der Waals surface area contributed by atoms with Gasteiger partial charge in [0, 0.05) is 24.5 Å². The second-order valence-electron chi connectivity index (χ2n) is 4.94. The first kappa shape index (κ1) is 12.3. The molecular formula is C13H18N2OS. The Hall–Kier alpha value is -1.16. The summed E-state index contributed by atoms with van der Waals surface area (Å²) in [5.74, 6) is 1.32. The largest absolute Gasteiger partial charge is 0.339 e. The van der Waals surface area contributed by atoms with Crippen molar-refractivity contribution in [1.29, 1.82) is 0 Å². The Morgan fingerprint density at radius 1 is 1.47 bits per heavy atom. The van der Waals surface area contributed by atoms with Gasteiger partial charge in [0.2, 0.25) is 5.91 Å². The summed E-state index contributed by atoms with van der Waals surface area (Å²) in [6.07, 6.45) is 4.65. The van der Waals surface area contributed by atoms with Crippen LogP contribution in [0.1, 0.15) is 26.0 Å². The molecule has 1 aliphatic heterocycles. The third-order valence-electron chi connectivity index (χ3n) is 3.03. The maximum absolute atomic E-state index is 12.0. The number of hydrogen-bond acceptors (Lipinski definition) is 3. The predicted molar refractivity (Wildman–Crippen MR) is 70.7 cm³/mol. The Bertz CT molecular complexity index is 390. The normalized spacial score (nSPS) is 25.4. The lowest BCUT2D eigenvalue weighted by Gasteiger charge is -2.34. The molecule has 17 heavy (non-hydrogen) atoms. The molecule has 1 aromatic heterocycles. The standard InChI is InChI=1S/C13H18N2OS/c1-10-5-11(2)7-15(6-10)13(16)4-3-12-8-17-9-14-12/h3-4,8-11H,5-7H2,1-2H3. The van der Waals surface area contributed by atoms with Gasteiger partial charge in [0.05, 0.1) is 11.2 Å². The molecule has 0 radical (unpaired) electrons. The topological polar surface area (TPSA) is 33.2 Å². The highest BCUT2D eigenvalue weighted by Gasteiger charge is 2.23. The molecule has 1 amide bonds. The first-order valence-electron chi connectivity index (χ1n) is 6.00. The second kappa shape index (κ2) is 5.45. The number of rotatable bonds is 2. The summed E-state index contributed by atoms with van der Waals surface area (Å²) in [5, 5.41) is 1.94. The van der Waals surface area contributed by atoms with E-state index < -0.39 is 0 Å². The highest BCUT2D eigenvalue weighted by Crippen LogP contribution is 2.21. The maximum atomic E-state index is 12.0. The van der Waals surface area contributed by atoms with E-state index in [0.29, 0.717) is 11.8 Å². The van der Waals surface area contributed by atoms with Gasteiger partial charge in [-0.1, -0.05) is 13.8 Å². The SMILES string of the molecule is CC1CC(C)CN(C(=O)C=Cc2cscn2)C1. The van der Waals surface area contributed by atoms with E-state index in [9.17, 15) is 4.79 Å². The van der Waals surface area contributed by atoms with Crippen LogP contribution in [0.25, 0.3) is 6.08 Å². The van der Waals surface area contributed by atoms with Gasteiger partial charge in [0.15, 0.2) is 0 Å². The number of likely N-dealkylation sites (tertiary alicyclic amines) is 1. The van der Waals surface area contributed by atoms with Gasteiger partial charge >= 0.3 is 0 Å². The van der Waals surface area contributed by atoms with Crippen molar-refractivity contribution < 1.29 is 4.79 Å². The van der Waals surface area contributed by atoms with Crippen LogP contribution in [0.4, 0.5) is 0 Å².